The summed E-state index contributed by atoms with van der Waals surface area (Å²) in [6.07, 6.45) is 5.31. The van der Waals surface area contributed by atoms with E-state index in [1.165, 1.54) is 0 Å². The summed E-state index contributed by atoms with van der Waals surface area (Å²) in [4.78, 5) is 50.9. The van der Waals surface area contributed by atoms with E-state index in [0.29, 0.717) is 25.9 Å². The van der Waals surface area contributed by atoms with Crippen molar-refractivity contribution in [2.75, 3.05) is 49.1 Å². The number of anilines is 2. The van der Waals surface area contributed by atoms with E-state index in [4.69, 9.17) is 0 Å². The molecule has 0 aromatic heterocycles. The van der Waals surface area contributed by atoms with E-state index >= 15 is 0 Å². The molecule has 3 aliphatic rings. The number of alkyl halides is 1. The molecule has 4 rings (SSSR count). The lowest BCUT2D eigenvalue weighted by Crippen LogP contribution is -2.58. The fourth-order valence-corrected chi connectivity index (χ4v) is 11.0. The van der Waals surface area contributed by atoms with Crippen molar-refractivity contribution in [3.8, 4) is 0 Å². The topological polar surface area (TPSA) is 84.4 Å². The first-order valence-corrected chi connectivity index (χ1v) is 17.4. The number of aliphatic hydroxyl groups is 1. The van der Waals surface area contributed by atoms with Gasteiger partial charge < -0.3 is 24.7 Å². The van der Waals surface area contributed by atoms with Crippen molar-refractivity contribution >= 4 is 56.8 Å². The van der Waals surface area contributed by atoms with Gasteiger partial charge >= 0.3 is 0 Å². The van der Waals surface area contributed by atoms with Gasteiger partial charge in [0.25, 0.3) is 5.91 Å². The highest BCUT2D eigenvalue weighted by atomic mass is 79.9. The molecule has 1 spiro atoms. The number of nitrogens with zero attached hydrogens (tertiary/aromatic N) is 4. The fourth-order valence-electron chi connectivity index (χ4n) is 7.40. The van der Waals surface area contributed by atoms with E-state index < -0.39 is 28.7 Å². The van der Waals surface area contributed by atoms with Gasteiger partial charge in [-0.25, -0.2) is 0 Å². The van der Waals surface area contributed by atoms with Gasteiger partial charge in [-0.2, -0.15) is 0 Å². The summed E-state index contributed by atoms with van der Waals surface area (Å²) >= 11 is 5.49. The first-order chi connectivity index (χ1) is 20.7. The number of hydrogen-bond acceptors (Lipinski definition) is 6. The lowest BCUT2D eigenvalue weighted by molar-refractivity contribution is -0.145. The molecule has 0 aliphatic carbocycles. The van der Waals surface area contributed by atoms with Crippen molar-refractivity contribution < 1.29 is 19.5 Å². The number of hydrogen-bond donors (Lipinski definition) is 1. The number of fused-ring (bicyclic) bond motifs is 1. The molecular formula is C33H47BrN4O4S. The average Bonchev–Trinajstić information content (AvgIpc) is 3.60. The number of halogens is 1. The molecule has 3 fully saturated rings. The minimum atomic E-state index is -0.823. The monoisotopic (exact) mass is 674 g/mol. The van der Waals surface area contributed by atoms with Crippen molar-refractivity contribution in [3.63, 3.8) is 0 Å². The Morgan fingerprint density at radius 1 is 1.09 bits per heavy atom. The minimum Gasteiger partial charge on any atom is -0.394 e. The normalized spacial score (nSPS) is 28.0. The highest BCUT2D eigenvalue weighted by Gasteiger charge is 2.76. The third-order valence-electron chi connectivity index (χ3n) is 9.34. The van der Waals surface area contributed by atoms with Crippen molar-refractivity contribution in [3.05, 3.63) is 49.6 Å². The SMILES string of the molecule is C=CCN(CCC)C(=O)[C@H]1[C@H]2C(=O)N([C@@H](CC)CO)C(C(=O)N(CC=C)c3ccc(N(CC)CC)cc3)C23CC(Br)[C@@H]1S3. The molecular weight excluding hydrogens is 628 g/mol. The van der Waals surface area contributed by atoms with Gasteiger partial charge in [0.1, 0.15) is 6.04 Å². The third-order valence-corrected chi connectivity index (χ3v) is 12.6. The molecule has 3 heterocycles. The number of amides is 3. The number of rotatable bonds is 15. The van der Waals surface area contributed by atoms with E-state index in [2.05, 4.69) is 47.8 Å². The van der Waals surface area contributed by atoms with E-state index in [1.807, 2.05) is 38.1 Å². The van der Waals surface area contributed by atoms with Crippen LogP contribution in [0.4, 0.5) is 11.4 Å². The summed E-state index contributed by atoms with van der Waals surface area (Å²) in [5.41, 5.74) is 1.80. The molecule has 0 saturated carbocycles. The largest absolute Gasteiger partial charge is 0.394 e. The molecule has 43 heavy (non-hydrogen) atoms. The Morgan fingerprint density at radius 3 is 2.26 bits per heavy atom. The van der Waals surface area contributed by atoms with Crippen LogP contribution in [0.15, 0.2) is 49.6 Å². The lowest BCUT2D eigenvalue weighted by Gasteiger charge is -2.40. The summed E-state index contributed by atoms with van der Waals surface area (Å²) in [6.45, 7) is 18.7. The fraction of sp³-hybridized carbons (Fsp3) is 0.606. The summed E-state index contributed by atoms with van der Waals surface area (Å²) in [7, 11) is 0. The van der Waals surface area contributed by atoms with Gasteiger partial charge in [0, 0.05) is 54.2 Å². The molecule has 3 aliphatic heterocycles. The van der Waals surface area contributed by atoms with E-state index in [0.717, 1.165) is 30.9 Å². The predicted octanol–water partition coefficient (Wildman–Crippen LogP) is 4.71. The second-order valence-corrected chi connectivity index (χ2v) is 14.4. The van der Waals surface area contributed by atoms with E-state index in [9.17, 15) is 19.5 Å². The lowest BCUT2D eigenvalue weighted by atomic mass is 9.70. The van der Waals surface area contributed by atoms with Crippen molar-refractivity contribution in [1.29, 1.82) is 0 Å². The molecule has 1 N–H and O–H groups in total. The zero-order chi connectivity index (χ0) is 31.5. The molecule has 1 aromatic carbocycles. The third kappa shape index (κ3) is 5.79. The number of aliphatic hydroxyl groups excluding tert-OH is 1. The van der Waals surface area contributed by atoms with E-state index in [-0.39, 0.29) is 41.0 Å². The Labute approximate surface area is 269 Å². The predicted molar refractivity (Wildman–Crippen MR) is 180 cm³/mol. The maximum Gasteiger partial charge on any atom is 0.251 e. The molecule has 2 bridgehead atoms. The Morgan fingerprint density at radius 2 is 1.72 bits per heavy atom. The zero-order valence-electron chi connectivity index (χ0n) is 26.0. The number of likely N-dealkylation sites (tertiary alicyclic amines) is 1. The van der Waals surface area contributed by atoms with Crippen LogP contribution in [0.3, 0.4) is 0 Å². The highest BCUT2D eigenvalue weighted by Crippen LogP contribution is 2.68. The van der Waals surface area contributed by atoms with Crippen LogP contribution in [0, 0.1) is 11.8 Å². The smallest absolute Gasteiger partial charge is 0.251 e. The molecule has 7 atom stereocenters. The van der Waals surface area contributed by atoms with Gasteiger partial charge in [-0.1, -0.05) is 41.9 Å². The zero-order valence-corrected chi connectivity index (χ0v) is 28.4. The molecule has 8 nitrogen and oxygen atoms in total. The van der Waals surface area contributed by atoms with Gasteiger partial charge in [0.05, 0.1) is 29.2 Å². The Balaban J connectivity index is 1.80. The highest BCUT2D eigenvalue weighted by molar-refractivity contribution is 9.09. The quantitative estimate of drug-likeness (QED) is 0.214. The van der Waals surface area contributed by atoms with Gasteiger partial charge in [0.15, 0.2) is 0 Å². The number of thioether (sulfide) groups is 1. The van der Waals surface area contributed by atoms with Crippen molar-refractivity contribution in [2.45, 2.75) is 73.9 Å². The molecule has 3 unspecified atom stereocenters. The van der Waals surface area contributed by atoms with Crippen LogP contribution in [0.2, 0.25) is 0 Å². The van der Waals surface area contributed by atoms with Gasteiger partial charge in [-0.3, -0.25) is 14.4 Å². The first kappa shape index (κ1) is 33.6. The number of carbonyl (C=O) groups is 3. The minimum absolute atomic E-state index is 0.0200. The molecule has 3 amide bonds. The standard InChI is InChI=1S/C33H47BrN4O4S/c1-7-17-36(18-8-2)30(40)26-27-31(41)38(22(10-4)21-39)29(33(27)20-25(34)28(26)43-33)32(42)37(19-9-3)24-15-13-23(14-16-24)35(11-5)12-6/h7,9,13-16,22,25-29,39H,1,3,8,10-12,17-21H2,2,4-6H3/t22-,25?,26-,27-,28-,29?,33?/m0/s1. The van der Waals surface area contributed by atoms with Gasteiger partial charge in [0.2, 0.25) is 11.8 Å². The average molecular weight is 676 g/mol. The van der Waals surface area contributed by atoms with Crippen LogP contribution in [0.5, 0.6) is 0 Å². The molecule has 0 radical (unpaired) electrons. The van der Waals surface area contributed by atoms with Gasteiger partial charge in [-0.15, -0.1) is 24.9 Å². The van der Waals surface area contributed by atoms with Crippen molar-refractivity contribution in [1.82, 2.24) is 9.80 Å². The summed E-state index contributed by atoms with van der Waals surface area (Å²) in [5.74, 6) is -1.64. The first-order valence-electron chi connectivity index (χ1n) is 15.6. The second kappa shape index (κ2) is 14.2. The van der Waals surface area contributed by atoms with Crippen LogP contribution in [0.1, 0.15) is 47.0 Å². The number of carbonyl (C=O) groups excluding carboxylic acids is 3. The second-order valence-electron chi connectivity index (χ2n) is 11.7. The Hall–Kier alpha value is -2.30. The molecule has 236 valence electrons. The Kier molecular flexibility index (Phi) is 11.1. The Bertz CT molecular complexity index is 1190. The van der Waals surface area contributed by atoms with Crippen molar-refractivity contribution in [2.24, 2.45) is 11.8 Å². The van der Waals surface area contributed by atoms with Gasteiger partial charge in [-0.05, 0) is 57.4 Å². The van der Waals surface area contributed by atoms with Crippen LogP contribution in [-0.2, 0) is 14.4 Å². The number of benzene rings is 1. The van der Waals surface area contributed by atoms with Crippen LogP contribution in [0.25, 0.3) is 0 Å². The van der Waals surface area contributed by atoms with Crippen LogP contribution in [-0.4, -0.2) is 98.9 Å². The van der Waals surface area contributed by atoms with E-state index in [1.54, 1.807) is 38.6 Å². The molecule has 1 aromatic rings. The summed E-state index contributed by atoms with van der Waals surface area (Å²) in [5, 5.41) is 10.3. The van der Waals surface area contributed by atoms with Crippen LogP contribution >= 0.6 is 27.7 Å². The van der Waals surface area contributed by atoms with Crippen LogP contribution < -0.4 is 9.80 Å². The molecule has 10 heteroatoms. The molecule has 3 saturated heterocycles. The summed E-state index contributed by atoms with van der Waals surface area (Å²) < 4.78 is -0.789. The maximum atomic E-state index is 14.9. The maximum absolute atomic E-state index is 14.9. The summed E-state index contributed by atoms with van der Waals surface area (Å²) in [6, 6.07) is 6.59.